The van der Waals surface area contributed by atoms with Crippen molar-refractivity contribution in [2.24, 2.45) is 5.73 Å². The summed E-state index contributed by atoms with van der Waals surface area (Å²) in [6, 6.07) is 0. The second kappa shape index (κ2) is 39.4. The Morgan fingerprint density at radius 1 is 0.585 bits per heavy atom. The van der Waals surface area contributed by atoms with Crippen molar-refractivity contribution in [1.82, 2.24) is 0 Å². The molecule has 306 valence electrons. The third-order valence-corrected chi connectivity index (χ3v) is 9.46. The molecule has 53 heavy (non-hydrogen) atoms. The van der Waals surface area contributed by atoms with Gasteiger partial charge in [-0.1, -0.05) is 158 Å². The molecule has 0 heterocycles. The first-order valence-electron chi connectivity index (χ1n) is 20.8. The number of carbonyl (C=O) groups excluding carboxylic acids is 2. The van der Waals surface area contributed by atoms with E-state index in [1.54, 1.807) is 0 Å². The number of rotatable bonds is 38. The summed E-state index contributed by atoms with van der Waals surface area (Å²) < 4.78 is 32.7. The lowest BCUT2D eigenvalue weighted by Crippen LogP contribution is -2.29. The fourth-order valence-corrected chi connectivity index (χ4v) is 6.15. The highest BCUT2D eigenvalue weighted by Gasteiger charge is 2.26. The molecule has 9 nitrogen and oxygen atoms in total. The summed E-state index contributed by atoms with van der Waals surface area (Å²) >= 11 is 0. The van der Waals surface area contributed by atoms with Crippen LogP contribution < -0.4 is 5.73 Å². The molecule has 0 fully saturated rings. The lowest BCUT2D eigenvalue weighted by Gasteiger charge is -2.19. The first-order chi connectivity index (χ1) is 25.8. The molecule has 2 unspecified atom stereocenters. The van der Waals surface area contributed by atoms with Gasteiger partial charge in [0.15, 0.2) is 6.10 Å². The quantitative estimate of drug-likeness (QED) is 0.0272. The van der Waals surface area contributed by atoms with E-state index in [2.05, 4.69) is 56.4 Å². The first kappa shape index (κ1) is 50.7. The van der Waals surface area contributed by atoms with E-state index in [-0.39, 0.29) is 32.6 Å². The Balaban J connectivity index is 4.17. The molecule has 0 saturated carbocycles. The first-order valence-corrected chi connectivity index (χ1v) is 22.3. The summed E-state index contributed by atoms with van der Waals surface area (Å²) in [7, 11) is -4.38. The number of esters is 2. The molecule has 0 saturated heterocycles. The summed E-state index contributed by atoms with van der Waals surface area (Å²) in [5.41, 5.74) is 5.34. The minimum absolute atomic E-state index is 0.0466. The molecule has 3 N–H and O–H groups in total. The lowest BCUT2D eigenvalue weighted by molar-refractivity contribution is -0.161. The number of ether oxygens (including phenoxy) is 2. The van der Waals surface area contributed by atoms with Crippen molar-refractivity contribution in [3.63, 3.8) is 0 Å². The molecule has 0 aliphatic heterocycles. The van der Waals surface area contributed by atoms with E-state index in [1.807, 2.05) is 18.2 Å². The predicted octanol–water partition coefficient (Wildman–Crippen LogP) is 11.7. The van der Waals surface area contributed by atoms with Gasteiger partial charge >= 0.3 is 19.8 Å². The average Bonchev–Trinajstić information content (AvgIpc) is 3.14. The Morgan fingerprint density at radius 3 is 1.55 bits per heavy atom. The fraction of sp³-hybridized carbons (Fsp3) is 0.721. The molecule has 0 aromatic rings. The molecule has 0 rings (SSSR count). The second-order valence-corrected chi connectivity index (χ2v) is 15.0. The molecule has 0 spiro atoms. The van der Waals surface area contributed by atoms with Crippen molar-refractivity contribution >= 4 is 19.8 Å². The minimum Gasteiger partial charge on any atom is -0.462 e. The van der Waals surface area contributed by atoms with Crippen molar-refractivity contribution in [3.05, 3.63) is 60.8 Å². The van der Waals surface area contributed by atoms with Crippen LogP contribution in [0, 0.1) is 0 Å². The maximum Gasteiger partial charge on any atom is 0.472 e. The van der Waals surface area contributed by atoms with Crippen LogP contribution in [0.4, 0.5) is 0 Å². The smallest absolute Gasteiger partial charge is 0.462 e. The Morgan fingerprint density at radius 2 is 1.04 bits per heavy atom. The third-order valence-electron chi connectivity index (χ3n) is 8.48. The van der Waals surface area contributed by atoms with Crippen LogP contribution in [0.3, 0.4) is 0 Å². The van der Waals surface area contributed by atoms with Crippen molar-refractivity contribution in [2.75, 3.05) is 26.4 Å². The van der Waals surface area contributed by atoms with Crippen molar-refractivity contribution < 1.29 is 37.6 Å². The topological polar surface area (TPSA) is 134 Å². The van der Waals surface area contributed by atoms with E-state index < -0.39 is 32.5 Å². The molecule has 2 atom stereocenters. The molecule has 0 amide bonds. The normalized spacial score (nSPS) is 14.0. The number of phosphoric ester groups is 1. The van der Waals surface area contributed by atoms with Crippen LogP contribution in [0.2, 0.25) is 0 Å². The van der Waals surface area contributed by atoms with E-state index in [4.69, 9.17) is 24.3 Å². The number of phosphoric acid groups is 1. The number of hydrogen-bond donors (Lipinski definition) is 2. The summed E-state index contributed by atoms with van der Waals surface area (Å²) in [6.45, 7) is 3.53. The molecule has 0 aromatic carbocycles. The predicted molar refractivity (Wildman–Crippen MR) is 219 cm³/mol. The Hall–Kier alpha value is -2.29. The standard InChI is InChI=1S/C43H76NO8P/c1-3-5-7-9-11-13-15-17-18-19-20-21-22-24-25-27-29-31-33-35-42(45)49-39-41(40-51-53(47,48)50-38-37-44)52-43(46)36-34-32-30-28-26-23-16-14-12-10-8-6-4-2/h6,8,10-17,41H,3-5,7,9,18-40,44H2,1-2H3,(H,47,48)/b8-6+,12-10+,13-11+,16-14+,17-15+. The van der Waals surface area contributed by atoms with E-state index in [0.29, 0.717) is 6.42 Å². The largest absolute Gasteiger partial charge is 0.472 e. The van der Waals surface area contributed by atoms with Gasteiger partial charge in [0.25, 0.3) is 0 Å². The van der Waals surface area contributed by atoms with E-state index >= 15 is 0 Å². The van der Waals surface area contributed by atoms with Crippen LogP contribution in [0.1, 0.15) is 168 Å². The Kier molecular flexibility index (Phi) is 37.7. The van der Waals surface area contributed by atoms with Gasteiger partial charge in [0.05, 0.1) is 13.2 Å². The number of hydrogen-bond acceptors (Lipinski definition) is 8. The maximum absolute atomic E-state index is 12.5. The summed E-state index contributed by atoms with van der Waals surface area (Å²) in [4.78, 5) is 34.8. The summed E-state index contributed by atoms with van der Waals surface area (Å²) in [5, 5.41) is 0. The van der Waals surface area contributed by atoms with Crippen molar-refractivity contribution in [2.45, 2.75) is 174 Å². The van der Waals surface area contributed by atoms with Crippen LogP contribution in [-0.4, -0.2) is 49.3 Å². The molecule has 10 heteroatoms. The van der Waals surface area contributed by atoms with Gasteiger partial charge in [-0.3, -0.25) is 18.6 Å². The zero-order valence-electron chi connectivity index (χ0n) is 33.5. The second-order valence-electron chi connectivity index (χ2n) is 13.6. The van der Waals surface area contributed by atoms with Crippen LogP contribution >= 0.6 is 7.82 Å². The van der Waals surface area contributed by atoms with Crippen LogP contribution in [-0.2, 0) is 32.7 Å². The monoisotopic (exact) mass is 766 g/mol. The molecule has 0 aliphatic carbocycles. The van der Waals surface area contributed by atoms with Crippen LogP contribution in [0.5, 0.6) is 0 Å². The number of unbranched alkanes of at least 4 members (excludes halogenated alkanes) is 18. The van der Waals surface area contributed by atoms with Crippen LogP contribution in [0.15, 0.2) is 60.8 Å². The zero-order valence-corrected chi connectivity index (χ0v) is 34.4. The lowest BCUT2D eigenvalue weighted by atomic mass is 10.1. The fourth-order valence-electron chi connectivity index (χ4n) is 5.39. The molecule has 0 bridgehead atoms. The molecular formula is C43H76NO8P. The number of carbonyl (C=O) groups is 2. The van der Waals surface area contributed by atoms with Gasteiger partial charge in [-0.15, -0.1) is 0 Å². The van der Waals surface area contributed by atoms with Gasteiger partial charge in [-0.25, -0.2) is 4.57 Å². The molecular weight excluding hydrogens is 689 g/mol. The summed E-state index contributed by atoms with van der Waals surface area (Å²) in [5.74, 6) is -0.861. The summed E-state index contributed by atoms with van der Waals surface area (Å²) in [6.07, 6.45) is 45.4. The highest BCUT2D eigenvalue weighted by molar-refractivity contribution is 7.47. The van der Waals surface area contributed by atoms with E-state index in [0.717, 1.165) is 70.6 Å². The molecule has 0 aromatic heterocycles. The highest BCUT2D eigenvalue weighted by Crippen LogP contribution is 2.43. The van der Waals surface area contributed by atoms with E-state index in [9.17, 15) is 19.0 Å². The van der Waals surface area contributed by atoms with Crippen molar-refractivity contribution in [1.29, 1.82) is 0 Å². The number of nitrogens with two attached hydrogens (primary N) is 1. The van der Waals surface area contributed by atoms with Crippen molar-refractivity contribution in [3.8, 4) is 0 Å². The molecule has 0 radical (unpaired) electrons. The Bertz CT molecular complexity index is 1050. The van der Waals surface area contributed by atoms with Gasteiger partial charge in [-0.05, 0) is 57.8 Å². The molecule has 0 aliphatic rings. The number of allylic oxidation sites excluding steroid dienone is 10. The van der Waals surface area contributed by atoms with Gasteiger partial charge in [-0.2, -0.15) is 0 Å². The van der Waals surface area contributed by atoms with Gasteiger partial charge in [0.2, 0.25) is 0 Å². The van der Waals surface area contributed by atoms with Crippen LogP contribution in [0.25, 0.3) is 0 Å². The van der Waals surface area contributed by atoms with Gasteiger partial charge in [0.1, 0.15) is 6.61 Å². The van der Waals surface area contributed by atoms with E-state index in [1.165, 1.54) is 64.2 Å². The minimum atomic E-state index is -4.38. The maximum atomic E-state index is 12.5. The average molecular weight is 766 g/mol. The van der Waals surface area contributed by atoms with Gasteiger partial charge in [0, 0.05) is 19.4 Å². The SMILES string of the molecule is CC/C=C/C=C/C=C/CCCCCCCC(=O)OC(COC(=O)CCCCCCCCCCCC/C=C/C=C/CCCCC)COP(=O)(O)OCCN. The Labute approximate surface area is 323 Å². The highest BCUT2D eigenvalue weighted by atomic mass is 31.2. The van der Waals surface area contributed by atoms with Gasteiger partial charge < -0.3 is 20.1 Å². The zero-order chi connectivity index (χ0) is 38.9. The third kappa shape index (κ3) is 39.2.